The Morgan fingerprint density at radius 1 is 1.20 bits per heavy atom. The molecule has 0 spiro atoms. The maximum Gasteiger partial charge on any atom is 0.361 e. The molecule has 1 aromatic heterocycles. The third-order valence-electron chi connectivity index (χ3n) is 3.74. The Morgan fingerprint density at radius 3 is 2.52 bits per heavy atom. The highest BCUT2D eigenvalue weighted by Gasteiger charge is 2.18. The van der Waals surface area contributed by atoms with Gasteiger partial charge in [0.2, 0.25) is 0 Å². The summed E-state index contributed by atoms with van der Waals surface area (Å²) < 4.78 is 19.8. The monoisotopic (exact) mass is 337 g/mol. The van der Waals surface area contributed by atoms with Crippen LogP contribution in [-0.4, -0.2) is 21.0 Å². The normalized spacial score (nSPS) is 10.5. The maximum absolute atomic E-state index is 13.0. The van der Waals surface area contributed by atoms with Gasteiger partial charge in [-0.05, 0) is 42.3 Å². The molecule has 0 fully saturated rings. The molecule has 0 saturated carbocycles. The van der Waals surface area contributed by atoms with Crippen LogP contribution >= 0.6 is 0 Å². The van der Waals surface area contributed by atoms with E-state index in [0.717, 1.165) is 11.1 Å². The predicted molar refractivity (Wildman–Crippen MR) is 91.7 cm³/mol. The van der Waals surface area contributed by atoms with E-state index in [2.05, 4.69) is 16.9 Å². The van der Waals surface area contributed by atoms with Crippen molar-refractivity contribution in [2.24, 2.45) is 0 Å². The average Bonchev–Trinajstić information content (AvgIpc) is 3.02. The first-order valence-electron chi connectivity index (χ1n) is 7.65. The molecule has 0 bridgehead atoms. The van der Waals surface area contributed by atoms with E-state index in [-0.39, 0.29) is 18.1 Å². The molecule has 0 saturated heterocycles. The van der Waals surface area contributed by atoms with Gasteiger partial charge < -0.3 is 4.74 Å². The Bertz CT molecular complexity index is 899. The molecule has 0 aliphatic rings. The fraction of sp³-hybridized carbons (Fsp3) is 0.105. The Hall–Kier alpha value is -3.28. The van der Waals surface area contributed by atoms with Crippen molar-refractivity contribution in [2.45, 2.75) is 13.5 Å². The number of ether oxygens (including phenoxy) is 1. The minimum Gasteiger partial charge on any atom is -0.456 e. The van der Waals surface area contributed by atoms with Gasteiger partial charge in [-0.3, -0.25) is 0 Å². The van der Waals surface area contributed by atoms with E-state index >= 15 is 0 Å². The predicted octanol–water partition coefficient (Wildman–Crippen LogP) is 3.71. The molecular weight excluding hydrogens is 321 g/mol. The van der Waals surface area contributed by atoms with Crippen molar-refractivity contribution in [1.82, 2.24) is 15.0 Å². The number of carbonyl (C=O) groups excluding carboxylic acids is 1. The molecular formula is C19H16FN3O2. The fourth-order valence-electron chi connectivity index (χ4n) is 2.31. The van der Waals surface area contributed by atoms with Crippen LogP contribution in [0.5, 0.6) is 0 Å². The first-order valence-corrected chi connectivity index (χ1v) is 7.65. The van der Waals surface area contributed by atoms with Gasteiger partial charge in [-0.25, -0.2) is 13.9 Å². The fourth-order valence-corrected chi connectivity index (χ4v) is 2.31. The SMILES string of the molecule is C=Cc1ccc(COC(=O)c2nnn(-c3ccc(F)cc3)c2C)cc1. The average molecular weight is 337 g/mol. The van der Waals surface area contributed by atoms with E-state index in [0.29, 0.717) is 11.4 Å². The molecule has 0 amide bonds. The molecule has 25 heavy (non-hydrogen) atoms. The van der Waals surface area contributed by atoms with Crippen molar-refractivity contribution in [1.29, 1.82) is 0 Å². The second-order valence-corrected chi connectivity index (χ2v) is 5.43. The molecule has 0 aliphatic carbocycles. The number of nitrogens with zero attached hydrogens (tertiary/aromatic N) is 3. The molecule has 0 unspecified atom stereocenters. The van der Waals surface area contributed by atoms with Crippen LogP contribution in [0.2, 0.25) is 0 Å². The van der Waals surface area contributed by atoms with E-state index in [1.54, 1.807) is 25.1 Å². The van der Waals surface area contributed by atoms with E-state index in [9.17, 15) is 9.18 Å². The zero-order chi connectivity index (χ0) is 17.8. The Labute approximate surface area is 144 Å². The summed E-state index contributed by atoms with van der Waals surface area (Å²) in [5, 5.41) is 7.83. The van der Waals surface area contributed by atoms with Gasteiger partial charge >= 0.3 is 5.97 Å². The van der Waals surface area contributed by atoms with E-state index in [1.165, 1.54) is 16.8 Å². The number of rotatable bonds is 5. The first kappa shape index (κ1) is 16.6. The molecule has 0 N–H and O–H groups in total. The van der Waals surface area contributed by atoms with Crippen molar-refractivity contribution in [3.8, 4) is 5.69 Å². The lowest BCUT2D eigenvalue weighted by atomic mass is 10.1. The summed E-state index contributed by atoms with van der Waals surface area (Å²) in [6.45, 7) is 5.54. The molecule has 3 aromatic rings. The Morgan fingerprint density at radius 2 is 1.88 bits per heavy atom. The molecule has 5 nitrogen and oxygen atoms in total. The molecule has 6 heteroatoms. The second-order valence-electron chi connectivity index (χ2n) is 5.43. The third-order valence-corrected chi connectivity index (χ3v) is 3.74. The molecule has 0 radical (unpaired) electrons. The molecule has 1 heterocycles. The number of carbonyl (C=O) groups is 1. The van der Waals surface area contributed by atoms with Crippen LogP contribution in [0.4, 0.5) is 4.39 Å². The molecule has 0 atom stereocenters. The highest BCUT2D eigenvalue weighted by atomic mass is 19.1. The summed E-state index contributed by atoms with van der Waals surface area (Å²) in [5.74, 6) is -0.901. The van der Waals surface area contributed by atoms with Gasteiger partial charge in [-0.1, -0.05) is 42.1 Å². The van der Waals surface area contributed by atoms with Crippen molar-refractivity contribution < 1.29 is 13.9 Å². The summed E-state index contributed by atoms with van der Waals surface area (Å²) in [6.07, 6.45) is 1.74. The highest BCUT2D eigenvalue weighted by Crippen LogP contribution is 2.14. The lowest BCUT2D eigenvalue weighted by Crippen LogP contribution is -2.08. The number of benzene rings is 2. The van der Waals surface area contributed by atoms with E-state index < -0.39 is 5.97 Å². The van der Waals surface area contributed by atoms with Gasteiger partial charge in [0.15, 0.2) is 5.69 Å². The lowest BCUT2D eigenvalue weighted by Gasteiger charge is -2.05. The lowest BCUT2D eigenvalue weighted by molar-refractivity contribution is 0.0464. The summed E-state index contributed by atoms with van der Waals surface area (Å²) in [6, 6.07) is 13.3. The minimum atomic E-state index is -0.557. The summed E-state index contributed by atoms with van der Waals surface area (Å²) in [4.78, 5) is 12.2. The van der Waals surface area contributed by atoms with Crippen LogP contribution in [0, 0.1) is 12.7 Å². The van der Waals surface area contributed by atoms with Gasteiger partial charge in [-0.15, -0.1) is 5.10 Å². The van der Waals surface area contributed by atoms with Crippen molar-refractivity contribution in [3.63, 3.8) is 0 Å². The van der Waals surface area contributed by atoms with Crippen LogP contribution in [0.1, 0.15) is 27.3 Å². The number of halogens is 1. The smallest absolute Gasteiger partial charge is 0.361 e. The summed E-state index contributed by atoms with van der Waals surface area (Å²) in [7, 11) is 0. The third kappa shape index (κ3) is 3.63. The zero-order valence-corrected chi connectivity index (χ0v) is 13.6. The summed E-state index contributed by atoms with van der Waals surface area (Å²) in [5.41, 5.74) is 3.13. The molecule has 3 rings (SSSR count). The van der Waals surface area contributed by atoms with Gasteiger partial charge in [-0.2, -0.15) is 0 Å². The largest absolute Gasteiger partial charge is 0.456 e. The molecule has 0 aliphatic heterocycles. The van der Waals surface area contributed by atoms with Gasteiger partial charge in [0.05, 0.1) is 11.4 Å². The van der Waals surface area contributed by atoms with Crippen LogP contribution < -0.4 is 0 Å². The quantitative estimate of drug-likeness (QED) is 0.666. The number of aromatic nitrogens is 3. The van der Waals surface area contributed by atoms with Crippen LogP contribution in [0.25, 0.3) is 11.8 Å². The van der Waals surface area contributed by atoms with E-state index in [1.807, 2.05) is 24.3 Å². The van der Waals surface area contributed by atoms with Crippen molar-refractivity contribution >= 4 is 12.0 Å². The number of hydrogen-bond acceptors (Lipinski definition) is 4. The number of hydrogen-bond donors (Lipinski definition) is 0. The van der Waals surface area contributed by atoms with Crippen LogP contribution in [-0.2, 0) is 11.3 Å². The van der Waals surface area contributed by atoms with Crippen molar-refractivity contribution in [3.05, 3.63) is 83.4 Å². The number of esters is 1. The topological polar surface area (TPSA) is 57.0 Å². The van der Waals surface area contributed by atoms with E-state index in [4.69, 9.17) is 4.74 Å². The first-order chi connectivity index (χ1) is 12.1. The van der Waals surface area contributed by atoms with Crippen molar-refractivity contribution in [2.75, 3.05) is 0 Å². The van der Waals surface area contributed by atoms with Gasteiger partial charge in [0.1, 0.15) is 12.4 Å². The standard InChI is InChI=1S/C19H16FN3O2/c1-3-14-4-6-15(7-5-14)12-25-19(24)18-13(2)23(22-21-18)17-10-8-16(20)9-11-17/h3-11H,1,12H2,2H3. The van der Waals surface area contributed by atoms with Gasteiger partial charge in [0.25, 0.3) is 0 Å². The molecule has 126 valence electrons. The second kappa shape index (κ2) is 7.09. The van der Waals surface area contributed by atoms with Crippen LogP contribution in [0.15, 0.2) is 55.1 Å². The Balaban J connectivity index is 1.72. The summed E-state index contributed by atoms with van der Waals surface area (Å²) >= 11 is 0. The molecule has 2 aromatic carbocycles. The zero-order valence-electron chi connectivity index (χ0n) is 13.6. The minimum absolute atomic E-state index is 0.132. The highest BCUT2D eigenvalue weighted by molar-refractivity contribution is 5.88. The maximum atomic E-state index is 13.0. The Kier molecular flexibility index (Phi) is 4.70. The van der Waals surface area contributed by atoms with Gasteiger partial charge in [0, 0.05) is 0 Å². The van der Waals surface area contributed by atoms with Crippen LogP contribution in [0.3, 0.4) is 0 Å².